The van der Waals surface area contributed by atoms with Crippen molar-refractivity contribution >= 4 is 28.4 Å². The first-order chi connectivity index (χ1) is 11.8. The van der Waals surface area contributed by atoms with E-state index in [0.29, 0.717) is 49.0 Å². The van der Waals surface area contributed by atoms with E-state index in [4.69, 9.17) is 10.5 Å². The molecule has 7 heteroatoms. The van der Waals surface area contributed by atoms with Crippen molar-refractivity contribution in [3.05, 3.63) is 48.2 Å². The van der Waals surface area contributed by atoms with Gasteiger partial charge in [-0.15, -0.1) is 5.10 Å². The van der Waals surface area contributed by atoms with Crippen LogP contribution in [0.5, 0.6) is 0 Å². The second-order valence-electron chi connectivity index (χ2n) is 5.59. The van der Waals surface area contributed by atoms with Crippen molar-refractivity contribution in [1.82, 2.24) is 14.8 Å². The van der Waals surface area contributed by atoms with E-state index in [0.717, 1.165) is 5.39 Å². The first kappa shape index (κ1) is 14.6. The molecule has 0 spiro atoms. The van der Waals surface area contributed by atoms with Crippen molar-refractivity contribution in [3.63, 3.8) is 0 Å². The molecule has 2 aromatic heterocycles. The topological polar surface area (TPSA) is 86.3 Å². The van der Waals surface area contributed by atoms with E-state index in [1.807, 2.05) is 24.3 Å². The van der Waals surface area contributed by atoms with Gasteiger partial charge in [0.25, 0.3) is 5.91 Å². The van der Waals surface area contributed by atoms with Crippen molar-refractivity contribution in [2.75, 3.05) is 36.9 Å². The number of fused-ring (bicyclic) bond motifs is 1. The molecule has 0 amide bonds. The number of rotatable bonds is 2. The van der Waals surface area contributed by atoms with Crippen LogP contribution < -0.4 is 10.6 Å². The Bertz CT molecular complexity index is 899. The SMILES string of the molecule is Nc1nn(C(=O)c2cccnc2N2CCOCC2)c2ccccc12. The number of morpholine rings is 1. The van der Waals surface area contributed by atoms with E-state index < -0.39 is 0 Å². The molecule has 122 valence electrons. The minimum Gasteiger partial charge on any atom is -0.382 e. The average Bonchev–Trinajstić information content (AvgIpc) is 2.99. The fourth-order valence-corrected chi connectivity index (χ4v) is 2.95. The van der Waals surface area contributed by atoms with Crippen LogP contribution >= 0.6 is 0 Å². The number of hydrogen-bond acceptors (Lipinski definition) is 6. The molecular formula is C17H17N5O2. The maximum Gasteiger partial charge on any atom is 0.282 e. The van der Waals surface area contributed by atoms with E-state index in [1.165, 1.54) is 4.68 Å². The zero-order chi connectivity index (χ0) is 16.5. The van der Waals surface area contributed by atoms with Gasteiger partial charge in [0, 0.05) is 24.7 Å². The van der Waals surface area contributed by atoms with Crippen molar-refractivity contribution in [3.8, 4) is 0 Å². The molecule has 0 aliphatic carbocycles. The summed E-state index contributed by atoms with van der Waals surface area (Å²) in [5, 5.41) is 4.99. The second kappa shape index (κ2) is 5.93. The van der Waals surface area contributed by atoms with E-state index in [1.54, 1.807) is 18.3 Å². The Balaban J connectivity index is 1.79. The third kappa shape index (κ3) is 2.39. The Labute approximate surface area is 138 Å². The monoisotopic (exact) mass is 323 g/mol. The maximum atomic E-state index is 13.1. The quantitative estimate of drug-likeness (QED) is 0.770. The molecule has 1 aliphatic rings. The third-order valence-corrected chi connectivity index (χ3v) is 4.14. The van der Waals surface area contributed by atoms with E-state index in [9.17, 15) is 4.79 Å². The lowest BCUT2D eigenvalue weighted by molar-refractivity contribution is 0.0949. The molecule has 2 N–H and O–H groups in total. The van der Waals surface area contributed by atoms with Crippen LogP contribution in [0.25, 0.3) is 10.9 Å². The largest absolute Gasteiger partial charge is 0.382 e. The average molecular weight is 323 g/mol. The summed E-state index contributed by atoms with van der Waals surface area (Å²) < 4.78 is 6.73. The number of hydrogen-bond donors (Lipinski definition) is 1. The number of aromatic nitrogens is 3. The summed E-state index contributed by atoms with van der Waals surface area (Å²) in [4.78, 5) is 19.6. The molecule has 1 saturated heterocycles. The Kier molecular flexibility index (Phi) is 3.62. The van der Waals surface area contributed by atoms with Gasteiger partial charge in [-0.3, -0.25) is 4.79 Å². The summed E-state index contributed by atoms with van der Waals surface area (Å²) in [5.74, 6) is 0.761. The highest BCUT2D eigenvalue weighted by Gasteiger charge is 2.23. The first-order valence-electron chi connectivity index (χ1n) is 7.81. The third-order valence-electron chi connectivity index (χ3n) is 4.14. The van der Waals surface area contributed by atoms with Crippen LogP contribution in [0.1, 0.15) is 10.4 Å². The Morgan fingerprint density at radius 3 is 2.75 bits per heavy atom. The highest BCUT2D eigenvalue weighted by molar-refractivity contribution is 6.06. The fraction of sp³-hybridized carbons (Fsp3) is 0.235. The predicted octanol–water partition coefficient (Wildman–Crippen LogP) is 1.54. The highest BCUT2D eigenvalue weighted by Crippen LogP contribution is 2.24. The number of nitrogen functional groups attached to an aromatic ring is 1. The van der Waals surface area contributed by atoms with E-state index in [2.05, 4.69) is 15.0 Å². The summed E-state index contributed by atoms with van der Waals surface area (Å²) in [7, 11) is 0. The number of para-hydroxylation sites is 1. The zero-order valence-corrected chi connectivity index (χ0v) is 13.1. The van der Waals surface area contributed by atoms with Crippen molar-refractivity contribution < 1.29 is 9.53 Å². The fourth-order valence-electron chi connectivity index (χ4n) is 2.95. The van der Waals surface area contributed by atoms with Crippen LogP contribution in [0.4, 0.5) is 11.6 Å². The van der Waals surface area contributed by atoms with Gasteiger partial charge in [0.05, 0.1) is 24.3 Å². The summed E-state index contributed by atoms with van der Waals surface area (Å²) in [6, 6.07) is 11.0. The van der Waals surface area contributed by atoms with E-state index >= 15 is 0 Å². The van der Waals surface area contributed by atoms with Crippen LogP contribution in [-0.2, 0) is 4.74 Å². The number of pyridine rings is 1. The van der Waals surface area contributed by atoms with Crippen LogP contribution in [0.15, 0.2) is 42.6 Å². The normalized spacial score (nSPS) is 14.9. The number of anilines is 2. The molecule has 0 radical (unpaired) electrons. The molecule has 0 saturated carbocycles. The molecule has 0 atom stereocenters. The number of ether oxygens (including phenoxy) is 1. The molecule has 24 heavy (non-hydrogen) atoms. The molecule has 1 aliphatic heterocycles. The number of carbonyl (C=O) groups excluding carboxylic acids is 1. The van der Waals surface area contributed by atoms with Gasteiger partial charge in [-0.25, -0.2) is 4.98 Å². The van der Waals surface area contributed by atoms with Crippen molar-refractivity contribution in [2.24, 2.45) is 0 Å². The standard InChI is InChI=1S/C17H17N5O2/c18-15-12-4-1-2-6-14(12)22(20-15)17(23)13-5-3-7-19-16(13)21-8-10-24-11-9-21/h1-7H,8-11H2,(H2,18,20). The predicted molar refractivity (Wildman–Crippen MR) is 91.1 cm³/mol. The van der Waals surface area contributed by atoms with Crippen LogP contribution in [0.2, 0.25) is 0 Å². The molecule has 1 aromatic carbocycles. The summed E-state index contributed by atoms with van der Waals surface area (Å²) >= 11 is 0. The van der Waals surface area contributed by atoms with Gasteiger partial charge in [0.1, 0.15) is 5.82 Å². The molecule has 3 aromatic rings. The van der Waals surface area contributed by atoms with Crippen LogP contribution in [0, 0.1) is 0 Å². The smallest absolute Gasteiger partial charge is 0.282 e. The van der Waals surface area contributed by atoms with Gasteiger partial charge in [0.2, 0.25) is 0 Å². The maximum absolute atomic E-state index is 13.1. The Morgan fingerprint density at radius 1 is 1.12 bits per heavy atom. The first-order valence-corrected chi connectivity index (χ1v) is 7.81. The summed E-state index contributed by atoms with van der Waals surface area (Å²) in [5.41, 5.74) is 7.15. The van der Waals surface area contributed by atoms with Crippen molar-refractivity contribution in [1.29, 1.82) is 0 Å². The van der Waals surface area contributed by atoms with Gasteiger partial charge in [-0.2, -0.15) is 4.68 Å². The molecule has 7 nitrogen and oxygen atoms in total. The minimum absolute atomic E-state index is 0.238. The lowest BCUT2D eigenvalue weighted by atomic mass is 10.2. The van der Waals surface area contributed by atoms with Gasteiger partial charge in [0.15, 0.2) is 5.82 Å². The highest BCUT2D eigenvalue weighted by atomic mass is 16.5. The number of nitrogens with zero attached hydrogens (tertiary/aromatic N) is 4. The molecule has 3 heterocycles. The molecule has 1 fully saturated rings. The lowest BCUT2D eigenvalue weighted by Crippen LogP contribution is -2.38. The Hall–Kier alpha value is -2.93. The van der Waals surface area contributed by atoms with Gasteiger partial charge in [-0.1, -0.05) is 12.1 Å². The van der Waals surface area contributed by atoms with Gasteiger partial charge < -0.3 is 15.4 Å². The molecule has 4 rings (SSSR count). The number of carbonyl (C=O) groups is 1. The number of nitrogens with two attached hydrogens (primary N) is 1. The molecular weight excluding hydrogens is 306 g/mol. The summed E-state index contributed by atoms with van der Waals surface area (Å²) in [6.07, 6.45) is 1.69. The zero-order valence-electron chi connectivity index (χ0n) is 13.1. The second-order valence-corrected chi connectivity index (χ2v) is 5.59. The lowest BCUT2D eigenvalue weighted by Gasteiger charge is -2.29. The van der Waals surface area contributed by atoms with Crippen LogP contribution in [-0.4, -0.2) is 47.0 Å². The van der Waals surface area contributed by atoms with Gasteiger partial charge >= 0.3 is 0 Å². The summed E-state index contributed by atoms with van der Waals surface area (Å²) in [6.45, 7) is 2.67. The van der Waals surface area contributed by atoms with Crippen LogP contribution in [0.3, 0.4) is 0 Å². The van der Waals surface area contributed by atoms with Crippen molar-refractivity contribution in [2.45, 2.75) is 0 Å². The minimum atomic E-state index is -0.238. The number of benzene rings is 1. The molecule has 0 unspecified atom stereocenters. The van der Waals surface area contributed by atoms with Gasteiger partial charge in [-0.05, 0) is 24.3 Å². The Morgan fingerprint density at radius 2 is 1.92 bits per heavy atom. The molecule has 0 bridgehead atoms. The van der Waals surface area contributed by atoms with E-state index in [-0.39, 0.29) is 5.91 Å².